The van der Waals surface area contributed by atoms with E-state index < -0.39 is 11.9 Å². The maximum atomic E-state index is 11.3. The van der Waals surface area contributed by atoms with E-state index in [0.29, 0.717) is 6.42 Å². The number of carboxylic acid groups (broad SMARTS) is 1. The first-order chi connectivity index (χ1) is 6.49. The van der Waals surface area contributed by atoms with Crippen LogP contribution in [0.25, 0.3) is 0 Å². The number of aliphatic carboxylic acids is 1. The summed E-state index contributed by atoms with van der Waals surface area (Å²) in [6.07, 6.45) is 0.865. The Hall–Kier alpha value is -1.19. The van der Waals surface area contributed by atoms with Gasteiger partial charge in [-0.25, -0.2) is 0 Å². The fourth-order valence-electron chi connectivity index (χ4n) is 1.09. The largest absolute Gasteiger partial charge is 0.481 e. The second-order valence-electron chi connectivity index (χ2n) is 3.30. The van der Waals surface area contributed by atoms with E-state index in [1.807, 2.05) is 6.92 Å². The molecule has 0 aliphatic carbocycles. The second-order valence-corrected chi connectivity index (χ2v) is 3.30. The minimum Gasteiger partial charge on any atom is -0.481 e. The van der Waals surface area contributed by atoms with Gasteiger partial charge in [0.1, 0.15) is 11.6 Å². The summed E-state index contributed by atoms with van der Waals surface area (Å²) in [6, 6.07) is 0. The Labute approximate surface area is 83.3 Å². The summed E-state index contributed by atoms with van der Waals surface area (Å²) in [7, 11) is 0. The van der Waals surface area contributed by atoms with Gasteiger partial charge in [0.25, 0.3) is 0 Å². The van der Waals surface area contributed by atoms with E-state index in [0.717, 1.165) is 6.42 Å². The number of carbonyl (C=O) groups is 3. The molecule has 0 saturated carbocycles. The van der Waals surface area contributed by atoms with Crippen LogP contribution in [0.3, 0.4) is 0 Å². The number of hydrogen-bond acceptors (Lipinski definition) is 3. The molecule has 80 valence electrons. The summed E-state index contributed by atoms with van der Waals surface area (Å²) in [5.74, 6) is -2.02. The van der Waals surface area contributed by atoms with Crippen LogP contribution in [0.5, 0.6) is 0 Å². The second kappa shape index (κ2) is 6.29. The Morgan fingerprint density at radius 1 is 1.07 bits per heavy atom. The molecule has 0 aromatic rings. The van der Waals surface area contributed by atoms with E-state index in [-0.39, 0.29) is 24.4 Å². The van der Waals surface area contributed by atoms with Crippen LogP contribution in [-0.4, -0.2) is 22.6 Å². The molecule has 0 aromatic heterocycles. The smallest absolute Gasteiger partial charge is 0.303 e. The molecule has 0 rings (SSSR count). The van der Waals surface area contributed by atoms with E-state index in [4.69, 9.17) is 5.11 Å². The molecule has 0 amide bonds. The van der Waals surface area contributed by atoms with Gasteiger partial charge in [-0.3, -0.25) is 14.4 Å². The van der Waals surface area contributed by atoms with Crippen molar-refractivity contribution in [2.45, 2.75) is 39.5 Å². The summed E-state index contributed by atoms with van der Waals surface area (Å²) in [5, 5.41) is 8.35. The normalized spacial score (nSPS) is 12.1. The van der Waals surface area contributed by atoms with Gasteiger partial charge in [0, 0.05) is 12.8 Å². The summed E-state index contributed by atoms with van der Waals surface area (Å²) in [5.41, 5.74) is 0. The van der Waals surface area contributed by atoms with Crippen LogP contribution in [0, 0.1) is 5.92 Å². The minimum atomic E-state index is -1.01. The molecular weight excluding hydrogens is 184 g/mol. The first kappa shape index (κ1) is 12.8. The lowest BCUT2D eigenvalue weighted by Crippen LogP contribution is -2.21. The van der Waals surface area contributed by atoms with Gasteiger partial charge in [-0.05, 0) is 13.3 Å². The first-order valence-electron chi connectivity index (χ1n) is 4.76. The van der Waals surface area contributed by atoms with Crippen LogP contribution in [0.4, 0.5) is 0 Å². The van der Waals surface area contributed by atoms with Crippen LogP contribution in [0.15, 0.2) is 0 Å². The zero-order chi connectivity index (χ0) is 11.1. The number of ketones is 2. The number of carboxylic acids is 1. The van der Waals surface area contributed by atoms with Gasteiger partial charge >= 0.3 is 5.97 Å². The van der Waals surface area contributed by atoms with Crippen molar-refractivity contribution < 1.29 is 19.5 Å². The summed E-state index contributed by atoms with van der Waals surface area (Å²) >= 11 is 0. The van der Waals surface area contributed by atoms with Crippen molar-refractivity contribution in [1.82, 2.24) is 0 Å². The number of carbonyl (C=O) groups excluding carboxylic acids is 2. The average Bonchev–Trinajstić information content (AvgIpc) is 2.13. The maximum Gasteiger partial charge on any atom is 0.303 e. The van der Waals surface area contributed by atoms with Gasteiger partial charge in [-0.2, -0.15) is 0 Å². The molecule has 0 heterocycles. The summed E-state index contributed by atoms with van der Waals surface area (Å²) in [6.45, 7) is 3.41. The minimum absolute atomic E-state index is 0.0496. The van der Waals surface area contributed by atoms with Crippen molar-refractivity contribution in [2.24, 2.45) is 5.92 Å². The molecule has 1 unspecified atom stereocenters. The molecule has 0 spiro atoms. The molecule has 4 heteroatoms. The quantitative estimate of drug-likeness (QED) is 0.631. The fourth-order valence-corrected chi connectivity index (χ4v) is 1.09. The SMILES string of the molecule is CCCC(=O)C(C)C(=O)CCC(=O)O. The molecule has 14 heavy (non-hydrogen) atoms. The lowest BCUT2D eigenvalue weighted by Gasteiger charge is -2.07. The molecular formula is C10H16O4. The molecule has 0 aliphatic rings. The van der Waals surface area contributed by atoms with E-state index >= 15 is 0 Å². The van der Waals surface area contributed by atoms with E-state index in [9.17, 15) is 14.4 Å². The predicted molar refractivity (Wildman–Crippen MR) is 51.0 cm³/mol. The van der Waals surface area contributed by atoms with Crippen molar-refractivity contribution in [3.05, 3.63) is 0 Å². The zero-order valence-corrected chi connectivity index (χ0v) is 8.58. The Morgan fingerprint density at radius 3 is 2.00 bits per heavy atom. The Bertz CT molecular complexity index is 232. The number of Topliss-reactive ketones (excluding diaryl/α,β-unsaturated/α-hetero) is 2. The van der Waals surface area contributed by atoms with Gasteiger partial charge < -0.3 is 5.11 Å². The first-order valence-corrected chi connectivity index (χ1v) is 4.76. The third-order valence-electron chi connectivity index (χ3n) is 2.05. The number of hydrogen-bond donors (Lipinski definition) is 1. The maximum absolute atomic E-state index is 11.3. The fraction of sp³-hybridized carbons (Fsp3) is 0.700. The highest BCUT2D eigenvalue weighted by atomic mass is 16.4. The van der Waals surface area contributed by atoms with Gasteiger partial charge in [-0.1, -0.05) is 6.92 Å². The molecule has 0 aromatic carbocycles. The molecule has 1 N–H and O–H groups in total. The van der Waals surface area contributed by atoms with E-state index in [2.05, 4.69) is 0 Å². The van der Waals surface area contributed by atoms with Crippen LogP contribution in [-0.2, 0) is 14.4 Å². The Balaban J connectivity index is 3.98. The molecule has 1 atom stereocenters. The van der Waals surface area contributed by atoms with Crippen molar-refractivity contribution in [2.75, 3.05) is 0 Å². The van der Waals surface area contributed by atoms with Crippen molar-refractivity contribution in [3.8, 4) is 0 Å². The lowest BCUT2D eigenvalue weighted by molar-refractivity contribution is -0.140. The van der Waals surface area contributed by atoms with Crippen LogP contribution < -0.4 is 0 Å². The van der Waals surface area contributed by atoms with Gasteiger partial charge in [0.15, 0.2) is 0 Å². The summed E-state index contributed by atoms with van der Waals surface area (Å²) in [4.78, 5) is 32.7. The number of rotatable bonds is 7. The third kappa shape index (κ3) is 4.74. The topological polar surface area (TPSA) is 71.4 Å². The van der Waals surface area contributed by atoms with Gasteiger partial charge in [0.05, 0.1) is 12.3 Å². The predicted octanol–water partition coefficient (Wildman–Crippen LogP) is 1.43. The van der Waals surface area contributed by atoms with Crippen LogP contribution >= 0.6 is 0 Å². The molecule has 4 nitrogen and oxygen atoms in total. The molecule has 0 bridgehead atoms. The average molecular weight is 200 g/mol. The van der Waals surface area contributed by atoms with Gasteiger partial charge in [0.2, 0.25) is 0 Å². The van der Waals surface area contributed by atoms with Crippen molar-refractivity contribution in [1.29, 1.82) is 0 Å². The van der Waals surface area contributed by atoms with E-state index in [1.165, 1.54) is 0 Å². The highest BCUT2D eigenvalue weighted by Gasteiger charge is 2.20. The molecule has 0 fully saturated rings. The molecule has 0 radical (unpaired) electrons. The standard InChI is InChI=1S/C10H16O4/c1-3-4-8(11)7(2)9(12)5-6-10(13)14/h7H,3-6H2,1-2H3,(H,13,14). The summed E-state index contributed by atoms with van der Waals surface area (Å²) < 4.78 is 0. The Morgan fingerprint density at radius 2 is 1.57 bits per heavy atom. The van der Waals surface area contributed by atoms with Crippen LogP contribution in [0.1, 0.15) is 39.5 Å². The van der Waals surface area contributed by atoms with E-state index in [1.54, 1.807) is 6.92 Å². The zero-order valence-electron chi connectivity index (χ0n) is 8.58. The highest BCUT2D eigenvalue weighted by molar-refractivity contribution is 6.02. The monoisotopic (exact) mass is 200 g/mol. The third-order valence-corrected chi connectivity index (χ3v) is 2.05. The van der Waals surface area contributed by atoms with Crippen LogP contribution in [0.2, 0.25) is 0 Å². The van der Waals surface area contributed by atoms with Crippen molar-refractivity contribution in [3.63, 3.8) is 0 Å². The Kier molecular flexibility index (Phi) is 5.76. The molecule has 0 aliphatic heterocycles. The highest BCUT2D eigenvalue weighted by Crippen LogP contribution is 2.08. The lowest BCUT2D eigenvalue weighted by atomic mass is 9.95. The molecule has 0 saturated heterocycles. The van der Waals surface area contributed by atoms with Crippen molar-refractivity contribution >= 4 is 17.5 Å². The van der Waals surface area contributed by atoms with Gasteiger partial charge in [-0.15, -0.1) is 0 Å².